The van der Waals surface area contributed by atoms with Crippen molar-refractivity contribution in [2.24, 2.45) is 10.4 Å². The highest BCUT2D eigenvalue weighted by molar-refractivity contribution is 14.0. The smallest absolute Gasteiger partial charge is 0.225 e. The molecular weight excluding hydrogens is 505 g/mol. The van der Waals surface area contributed by atoms with Gasteiger partial charge in [-0.3, -0.25) is 9.79 Å². The molecule has 2 saturated heterocycles. The van der Waals surface area contributed by atoms with Crippen molar-refractivity contribution in [3.05, 3.63) is 18.5 Å². The van der Waals surface area contributed by atoms with E-state index >= 15 is 0 Å². The molecule has 0 saturated carbocycles. The normalized spacial score (nSPS) is 22.2. The Morgan fingerprint density at radius 2 is 1.87 bits per heavy atom. The van der Waals surface area contributed by atoms with Gasteiger partial charge in [0.1, 0.15) is 0 Å². The number of carbonyl (C=O) groups is 1. The highest BCUT2D eigenvalue weighted by Crippen LogP contribution is 2.33. The molecule has 3 rings (SSSR count). The lowest BCUT2D eigenvalue weighted by Crippen LogP contribution is -2.51. The lowest BCUT2D eigenvalue weighted by molar-refractivity contribution is -0.131. The molecule has 0 aliphatic carbocycles. The highest BCUT2D eigenvalue weighted by Gasteiger charge is 2.31. The molecule has 1 aromatic heterocycles. The maximum Gasteiger partial charge on any atom is 0.225 e. The van der Waals surface area contributed by atoms with Crippen molar-refractivity contribution in [3.63, 3.8) is 0 Å². The second-order valence-electron chi connectivity index (χ2n) is 8.73. The number of nitrogens with one attached hydrogen (secondary N) is 1. The van der Waals surface area contributed by atoms with Crippen LogP contribution in [0.1, 0.15) is 46.0 Å². The van der Waals surface area contributed by atoms with Crippen molar-refractivity contribution in [2.75, 3.05) is 57.8 Å². The molecule has 0 bridgehead atoms. The van der Waals surface area contributed by atoms with Gasteiger partial charge in [0.05, 0.1) is 0 Å². The summed E-state index contributed by atoms with van der Waals surface area (Å²) in [6.07, 6.45) is 8.95. The number of aromatic nitrogens is 2. The van der Waals surface area contributed by atoms with Crippen molar-refractivity contribution in [1.82, 2.24) is 25.1 Å². The second-order valence-corrected chi connectivity index (χ2v) is 8.73. The Hall–Kier alpha value is -1.65. The van der Waals surface area contributed by atoms with Gasteiger partial charge in [0.15, 0.2) is 5.96 Å². The molecule has 2 fully saturated rings. The number of likely N-dealkylation sites (tertiary alicyclic amines) is 1. The van der Waals surface area contributed by atoms with Crippen molar-refractivity contribution in [2.45, 2.75) is 46.0 Å². The highest BCUT2D eigenvalue weighted by atomic mass is 127. The fourth-order valence-corrected chi connectivity index (χ4v) is 4.69. The number of anilines is 1. The topological polar surface area (TPSA) is 77.0 Å². The van der Waals surface area contributed by atoms with E-state index in [0.717, 1.165) is 38.1 Å². The number of nitrogens with zero attached hydrogens (tertiary/aromatic N) is 6. The van der Waals surface area contributed by atoms with Crippen molar-refractivity contribution in [3.8, 4) is 0 Å². The van der Waals surface area contributed by atoms with Crippen LogP contribution in [0.25, 0.3) is 0 Å². The summed E-state index contributed by atoms with van der Waals surface area (Å²) >= 11 is 0. The largest absolute Gasteiger partial charge is 0.356 e. The molecule has 1 unspecified atom stereocenters. The van der Waals surface area contributed by atoms with Crippen LogP contribution in [0.2, 0.25) is 0 Å². The van der Waals surface area contributed by atoms with Crippen LogP contribution in [-0.2, 0) is 4.79 Å². The third-order valence-corrected chi connectivity index (χ3v) is 6.24. The van der Waals surface area contributed by atoms with E-state index < -0.39 is 0 Å². The summed E-state index contributed by atoms with van der Waals surface area (Å²) in [6, 6.07) is 1.82. The zero-order valence-corrected chi connectivity index (χ0v) is 21.5. The maximum atomic E-state index is 12.7. The lowest BCUT2D eigenvalue weighted by Gasteiger charge is -2.42. The number of guanidine groups is 1. The van der Waals surface area contributed by atoms with Gasteiger partial charge in [0.25, 0.3) is 0 Å². The standard InChI is InChI=1S/C22H37N7O.HI/c1-4-8-22(2)9-5-13-29(18-22)20(23-3)26-12-7-19(30)27-14-16-28(17-15-27)21-24-10-6-11-25-21;/h6,10-11H,4-5,7-9,12-18H2,1-3H3,(H,23,26);1H. The van der Waals surface area contributed by atoms with Crippen molar-refractivity contribution < 1.29 is 4.79 Å². The molecule has 9 heteroatoms. The Labute approximate surface area is 203 Å². The summed E-state index contributed by atoms with van der Waals surface area (Å²) in [6.45, 7) is 10.3. The third-order valence-electron chi connectivity index (χ3n) is 6.24. The first kappa shape index (κ1) is 25.6. The van der Waals surface area contributed by atoms with Gasteiger partial charge >= 0.3 is 0 Å². The van der Waals surface area contributed by atoms with Crippen LogP contribution in [-0.4, -0.2) is 84.5 Å². The lowest BCUT2D eigenvalue weighted by atomic mass is 9.78. The van der Waals surface area contributed by atoms with Crippen LogP contribution in [0.3, 0.4) is 0 Å². The number of aliphatic imine (C=N–C) groups is 1. The molecule has 1 aromatic rings. The van der Waals surface area contributed by atoms with E-state index in [-0.39, 0.29) is 29.9 Å². The first-order chi connectivity index (χ1) is 14.5. The first-order valence-corrected chi connectivity index (χ1v) is 11.3. The Bertz CT molecular complexity index is 705. The van der Waals surface area contributed by atoms with E-state index in [1.54, 1.807) is 12.4 Å². The molecule has 0 radical (unpaired) electrons. The predicted octanol–water partition coefficient (Wildman–Crippen LogP) is 2.61. The van der Waals surface area contributed by atoms with Gasteiger partial charge in [-0.2, -0.15) is 0 Å². The SMILES string of the molecule is CCCC1(C)CCCN(C(=NC)NCCC(=O)N2CCN(c3ncccn3)CC2)C1.I. The summed E-state index contributed by atoms with van der Waals surface area (Å²) in [7, 11) is 1.83. The number of hydrogen-bond acceptors (Lipinski definition) is 5. The van der Waals surface area contributed by atoms with Crippen LogP contribution in [0.15, 0.2) is 23.5 Å². The maximum absolute atomic E-state index is 12.7. The van der Waals surface area contributed by atoms with Gasteiger partial charge < -0.3 is 20.0 Å². The molecular formula is C22H38IN7O. The van der Waals surface area contributed by atoms with Gasteiger partial charge in [-0.05, 0) is 30.7 Å². The quantitative estimate of drug-likeness (QED) is 0.338. The third kappa shape index (κ3) is 7.18. The molecule has 0 spiro atoms. The van der Waals surface area contributed by atoms with Gasteiger partial charge in [0.2, 0.25) is 11.9 Å². The van der Waals surface area contributed by atoms with E-state index in [1.165, 1.54) is 25.7 Å². The number of rotatable bonds is 6. The van der Waals surface area contributed by atoms with Crippen LogP contribution < -0.4 is 10.2 Å². The second kappa shape index (κ2) is 12.4. The molecule has 1 N–H and O–H groups in total. The Balaban J connectivity index is 0.00000341. The zero-order chi connectivity index (χ0) is 21.4. The first-order valence-electron chi connectivity index (χ1n) is 11.3. The summed E-state index contributed by atoms with van der Waals surface area (Å²) < 4.78 is 0. The molecule has 174 valence electrons. The predicted molar refractivity (Wildman–Crippen MR) is 136 cm³/mol. The minimum Gasteiger partial charge on any atom is -0.356 e. The molecule has 2 aliphatic heterocycles. The van der Waals surface area contributed by atoms with Crippen LogP contribution in [0.5, 0.6) is 0 Å². The van der Waals surface area contributed by atoms with E-state index in [0.29, 0.717) is 31.5 Å². The molecule has 31 heavy (non-hydrogen) atoms. The number of piperazine rings is 1. The molecule has 1 amide bonds. The number of amides is 1. The number of halogens is 1. The molecule has 3 heterocycles. The minimum atomic E-state index is 0. The van der Waals surface area contributed by atoms with Crippen LogP contribution >= 0.6 is 24.0 Å². The number of hydrogen-bond donors (Lipinski definition) is 1. The molecule has 2 aliphatic rings. The van der Waals surface area contributed by atoms with Crippen LogP contribution in [0, 0.1) is 5.41 Å². The van der Waals surface area contributed by atoms with Gasteiger partial charge in [-0.1, -0.05) is 20.3 Å². The average Bonchev–Trinajstić information content (AvgIpc) is 2.77. The van der Waals surface area contributed by atoms with Crippen molar-refractivity contribution >= 4 is 41.8 Å². The fourth-order valence-electron chi connectivity index (χ4n) is 4.69. The number of carbonyl (C=O) groups excluding carboxylic acids is 1. The van der Waals surface area contributed by atoms with Gasteiger partial charge in [-0.25, -0.2) is 9.97 Å². The molecule has 1 atom stereocenters. The summed E-state index contributed by atoms with van der Waals surface area (Å²) in [5.41, 5.74) is 0.364. The Morgan fingerprint density at radius 1 is 1.16 bits per heavy atom. The van der Waals surface area contributed by atoms with Gasteiger partial charge in [-0.15, -0.1) is 24.0 Å². The fraction of sp³-hybridized carbons (Fsp3) is 0.727. The Morgan fingerprint density at radius 3 is 2.52 bits per heavy atom. The summed E-state index contributed by atoms with van der Waals surface area (Å²) in [5.74, 6) is 1.86. The van der Waals surface area contributed by atoms with Crippen LogP contribution in [0.4, 0.5) is 5.95 Å². The van der Waals surface area contributed by atoms with E-state index in [1.807, 2.05) is 18.0 Å². The van der Waals surface area contributed by atoms with E-state index in [2.05, 4.69) is 43.9 Å². The van der Waals surface area contributed by atoms with Gasteiger partial charge in [0, 0.05) is 71.7 Å². The monoisotopic (exact) mass is 543 g/mol. The summed E-state index contributed by atoms with van der Waals surface area (Å²) in [5, 5.41) is 3.42. The molecule has 8 nitrogen and oxygen atoms in total. The summed E-state index contributed by atoms with van der Waals surface area (Å²) in [4.78, 5) is 32.2. The minimum absolute atomic E-state index is 0. The molecule has 0 aromatic carbocycles. The Kier molecular flexibility index (Phi) is 10.2. The zero-order valence-electron chi connectivity index (χ0n) is 19.2. The van der Waals surface area contributed by atoms with E-state index in [4.69, 9.17) is 0 Å². The van der Waals surface area contributed by atoms with Crippen molar-refractivity contribution in [1.29, 1.82) is 0 Å². The number of piperidine rings is 1. The average molecular weight is 543 g/mol. The van der Waals surface area contributed by atoms with E-state index in [9.17, 15) is 4.79 Å².